The Labute approximate surface area is 160 Å². The number of nitrogens with one attached hydrogen (secondary N) is 1. The summed E-state index contributed by atoms with van der Waals surface area (Å²) < 4.78 is 5.73. The number of urea groups is 1. The van der Waals surface area contributed by atoms with Gasteiger partial charge in [0.15, 0.2) is 5.60 Å². The van der Waals surface area contributed by atoms with E-state index in [4.69, 9.17) is 27.9 Å². The van der Waals surface area contributed by atoms with Crippen LogP contribution >= 0.6 is 23.2 Å². The predicted octanol–water partition coefficient (Wildman–Crippen LogP) is 4.69. The molecule has 1 fully saturated rings. The fourth-order valence-electron chi connectivity index (χ4n) is 3.62. The fourth-order valence-corrected chi connectivity index (χ4v) is 3.92. The van der Waals surface area contributed by atoms with Gasteiger partial charge in [-0.05, 0) is 37.1 Å². The normalized spacial score (nSPS) is 21.5. The molecule has 7 heteroatoms. The summed E-state index contributed by atoms with van der Waals surface area (Å²) in [6.07, 6.45) is 1.45. The average Bonchev–Trinajstić information content (AvgIpc) is 2.90. The molecular weight excluding hydrogens is 375 g/mol. The van der Waals surface area contributed by atoms with Gasteiger partial charge >= 0.3 is 12.0 Å². The van der Waals surface area contributed by atoms with Crippen LogP contribution in [-0.2, 0) is 10.3 Å². The number of carbonyl (C=O) groups is 2. The van der Waals surface area contributed by atoms with Gasteiger partial charge < -0.3 is 15.0 Å². The second-order valence-electron chi connectivity index (χ2n) is 6.51. The number of nitrogens with zero attached hydrogens (tertiary/aromatic N) is 1. The number of likely N-dealkylation sites (tertiary alicyclic amines) is 1. The minimum atomic E-state index is -0.763. The molecule has 2 aromatic rings. The Kier molecular flexibility index (Phi) is 4.29. The summed E-state index contributed by atoms with van der Waals surface area (Å²) in [5.74, 6) is -0.327. The highest BCUT2D eigenvalue weighted by Crippen LogP contribution is 2.42. The van der Waals surface area contributed by atoms with Gasteiger partial charge in [-0.3, -0.25) is 0 Å². The molecule has 0 aliphatic carbocycles. The Balaban J connectivity index is 1.55. The van der Waals surface area contributed by atoms with Gasteiger partial charge in [0.25, 0.3) is 0 Å². The predicted molar refractivity (Wildman–Crippen MR) is 99.8 cm³/mol. The molecule has 0 bridgehead atoms. The van der Waals surface area contributed by atoms with Crippen molar-refractivity contribution in [3.8, 4) is 0 Å². The van der Waals surface area contributed by atoms with Crippen LogP contribution < -0.4 is 5.32 Å². The van der Waals surface area contributed by atoms with E-state index in [0.29, 0.717) is 40.8 Å². The van der Waals surface area contributed by atoms with E-state index in [-0.39, 0.29) is 12.0 Å². The number of halogens is 2. The molecule has 1 atom stereocenters. The fraction of sp³-hybridized carbons (Fsp3) is 0.263. The van der Waals surface area contributed by atoms with E-state index in [9.17, 15) is 9.59 Å². The molecule has 0 radical (unpaired) electrons. The van der Waals surface area contributed by atoms with Gasteiger partial charge in [0.05, 0.1) is 22.2 Å². The Hall–Kier alpha value is -2.24. The maximum atomic E-state index is 12.7. The standard InChI is InChI=1S/C19H16Cl2N2O3/c20-15-7-6-12(10-16(15)21)22-18(25)23-9-3-8-19(11-23)14-5-2-1-4-13(14)17(24)26-19/h1-2,4-7,10H,3,8-9,11H2,(H,22,25). The number of benzene rings is 2. The monoisotopic (exact) mass is 390 g/mol. The minimum Gasteiger partial charge on any atom is -0.449 e. The number of carbonyl (C=O) groups excluding carboxylic acids is 2. The summed E-state index contributed by atoms with van der Waals surface area (Å²) in [5.41, 5.74) is 1.24. The number of piperidine rings is 1. The van der Waals surface area contributed by atoms with E-state index in [1.807, 2.05) is 18.2 Å². The largest absolute Gasteiger partial charge is 0.449 e. The molecule has 1 spiro atoms. The molecule has 2 aliphatic heterocycles. The molecular formula is C19H16Cl2N2O3. The van der Waals surface area contributed by atoms with Crippen molar-refractivity contribution >= 4 is 40.9 Å². The van der Waals surface area contributed by atoms with E-state index in [2.05, 4.69) is 5.32 Å². The number of amides is 2. The molecule has 1 N–H and O–H groups in total. The summed E-state index contributed by atoms with van der Waals surface area (Å²) in [7, 11) is 0. The lowest BCUT2D eigenvalue weighted by Gasteiger charge is -2.39. The molecule has 5 nitrogen and oxygen atoms in total. The van der Waals surface area contributed by atoms with Crippen molar-refractivity contribution in [2.45, 2.75) is 18.4 Å². The molecule has 134 valence electrons. The van der Waals surface area contributed by atoms with Crippen molar-refractivity contribution in [3.63, 3.8) is 0 Å². The summed E-state index contributed by atoms with van der Waals surface area (Å²) in [6.45, 7) is 0.914. The van der Waals surface area contributed by atoms with Gasteiger partial charge in [-0.1, -0.05) is 41.4 Å². The van der Waals surface area contributed by atoms with Crippen LogP contribution in [0.3, 0.4) is 0 Å². The first kappa shape index (κ1) is 17.2. The quantitative estimate of drug-likeness (QED) is 0.718. The smallest absolute Gasteiger partial charge is 0.339 e. The van der Waals surface area contributed by atoms with Gasteiger partial charge in [-0.2, -0.15) is 0 Å². The first-order valence-electron chi connectivity index (χ1n) is 8.32. The first-order chi connectivity index (χ1) is 12.5. The summed E-state index contributed by atoms with van der Waals surface area (Å²) in [6, 6.07) is 12.0. The van der Waals surface area contributed by atoms with Gasteiger partial charge in [0.1, 0.15) is 0 Å². The lowest BCUT2D eigenvalue weighted by molar-refractivity contribution is -0.0400. The van der Waals surface area contributed by atoms with Gasteiger partial charge in [-0.25, -0.2) is 9.59 Å². The Bertz CT molecular complexity index is 902. The Morgan fingerprint density at radius 3 is 2.77 bits per heavy atom. The zero-order valence-electron chi connectivity index (χ0n) is 13.8. The molecule has 1 unspecified atom stereocenters. The van der Waals surface area contributed by atoms with E-state index in [1.54, 1.807) is 29.2 Å². The number of ether oxygens (including phenoxy) is 1. The summed E-state index contributed by atoms with van der Waals surface area (Å²) >= 11 is 11.9. The highest BCUT2D eigenvalue weighted by molar-refractivity contribution is 6.42. The third-order valence-corrected chi connectivity index (χ3v) is 5.58. The van der Waals surface area contributed by atoms with Crippen LogP contribution in [0.15, 0.2) is 42.5 Å². The van der Waals surface area contributed by atoms with Crippen molar-refractivity contribution in [3.05, 3.63) is 63.6 Å². The molecule has 2 aromatic carbocycles. The lowest BCUT2D eigenvalue weighted by Crippen LogP contribution is -2.50. The molecule has 2 heterocycles. The zero-order chi connectivity index (χ0) is 18.3. The first-order valence-corrected chi connectivity index (χ1v) is 9.08. The van der Waals surface area contributed by atoms with Crippen LogP contribution in [0.2, 0.25) is 10.0 Å². The van der Waals surface area contributed by atoms with Crippen molar-refractivity contribution < 1.29 is 14.3 Å². The van der Waals surface area contributed by atoms with Gasteiger partial charge in [0.2, 0.25) is 0 Å². The number of hydrogen-bond acceptors (Lipinski definition) is 3. The third-order valence-electron chi connectivity index (χ3n) is 4.84. The number of anilines is 1. The summed E-state index contributed by atoms with van der Waals surface area (Å²) in [5, 5.41) is 3.62. The number of hydrogen-bond donors (Lipinski definition) is 1. The maximum Gasteiger partial charge on any atom is 0.339 e. The van der Waals surface area contributed by atoms with Gasteiger partial charge in [0, 0.05) is 17.8 Å². The Morgan fingerprint density at radius 2 is 1.96 bits per heavy atom. The SMILES string of the molecule is O=C1OC2(CCCN(C(=O)Nc3ccc(Cl)c(Cl)c3)C2)c2ccccc21. The molecule has 0 saturated carbocycles. The van der Waals surface area contributed by atoms with Crippen molar-refractivity contribution in [2.24, 2.45) is 0 Å². The number of esters is 1. The van der Waals surface area contributed by atoms with E-state index < -0.39 is 5.60 Å². The van der Waals surface area contributed by atoms with Crippen LogP contribution in [0.1, 0.15) is 28.8 Å². The third kappa shape index (κ3) is 2.91. The highest BCUT2D eigenvalue weighted by atomic mass is 35.5. The van der Waals surface area contributed by atoms with Gasteiger partial charge in [-0.15, -0.1) is 0 Å². The zero-order valence-corrected chi connectivity index (χ0v) is 15.3. The van der Waals surface area contributed by atoms with Crippen LogP contribution in [0.25, 0.3) is 0 Å². The Morgan fingerprint density at radius 1 is 1.15 bits per heavy atom. The number of rotatable bonds is 1. The van der Waals surface area contributed by atoms with Crippen molar-refractivity contribution in [1.29, 1.82) is 0 Å². The molecule has 0 aromatic heterocycles. The van der Waals surface area contributed by atoms with Crippen molar-refractivity contribution in [2.75, 3.05) is 18.4 Å². The highest BCUT2D eigenvalue weighted by Gasteiger charge is 2.48. The van der Waals surface area contributed by atoms with Crippen LogP contribution in [0.5, 0.6) is 0 Å². The molecule has 2 amide bonds. The van der Waals surface area contributed by atoms with E-state index in [1.165, 1.54) is 0 Å². The molecule has 26 heavy (non-hydrogen) atoms. The van der Waals surface area contributed by atoms with Crippen LogP contribution in [-0.4, -0.2) is 30.0 Å². The molecule has 1 saturated heterocycles. The lowest BCUT2D eigenvalue weighted by atomic mass is 9.85. The van der Waals surface area contributed by atoms with Crippen molar-refractivity contribution in [1.82, 2.24) is 4.90 Å². The van der Waals surface area contributed by atoms with E-state index in [0.717, 1.165) is 12.0 Å². The molecule has 4 rings (SSSR count). The van der Waals surface area contributed by atoms with Crippen LogP contribution in [0, 0.1) is 0 Å². The molecule has 2 aliphatic rings. The average molecular weight is 391 g/mol. The summed E-state index contributed by atoms with van der Waals surface area (Å²) in [4.78, 5) is 26.6. The second kappa shape index (κ2) is 6.49. The van der Waals surface area contributed by atoms with Crippen LogP contribution in [0.4, 0.5) is 10.5 Å². The minimum absolute atomic E-state index is 0.261. The van der Waals surface area contributed by atoms with E-state index >= 15 is 0 Å². The topological polar surface area (TPSA) is 58.6 Å². The number of fused-ring (bicyclic) bond motifs is 2. The maximum absolute atomic E-state index is 12.7. The second-order valence-corrected chi connectivity index (χ2v) is 7.33.